The summed E-state index contributed by atoms with van der Waals surface area (Å²) in [5, 5.41) is 13.7. The Hall–Kier alpha value is -2.39. The maximum absolute atomic E-state index is 5.48. The van der Waals surface area contributed by atoms with E-state index in [-0.39, 0.29) is 0 Å². The van der Waals surface area contributed by atoms with Gasteiger partial charge in [-0.1, -0.05) is 42.0 Å². The number of rotatable bonds is 6. The molecule has 142 valence electrons. The Morgan fingerprint density at radius 2 is 1.96 bits per heavy atom. The third kappa shape index (κ3) is 3.84. The molecule has 0 N–H and O–H groups in total. The summed E-state index contributed by atoms with van der Waals surface area (Å²) >= 11 is 1.55. The van der Waals surface area contributed by atoms with Gasteiger partial charge in [0.15, 0.2) is 11.0 Å². The Labute approximate surface area is 161 Å². The molecule has 9 heteroatoms. The molecule has 0 amide bonds. The van der Waals surface area contributed by atoms with E-state index in [4.69, 9.17) is 9.26 Å². The minimum absolute atomic E-state index is 0.556. The molecule has 3 heterocycles. The van der Waals surface area contributed by atoms with E-state index >= 15 is 0 Å². The zero-order valence-corrected chi connectivity index (χ0v) is 16.3. The molecule has 8 nitrogen and oxygen atoms in total. The number of aryl methyl sites for hydroxylation is 2. The summed E-state index contributed by atoms with van der Waals surface area (Å²) < 4.78 is 12.9. The summed E-state index contributed by atoms with van der Waals surface area (Å²) in [6.07, 6.45) is 0.759. The molecule has 1 saturated heterocycles. The van der Waals surface area contributed by atoms with Crippen LogP contribution in [0.2, 0.25) is 0 Å². The maximum Gasteiger partial charge on any atom is 0.237 e. The second-order valence-electron chi connectivity index (χ2n) is 6.25. The van der Waals surface area contributed by atoms with Crippen LogP contribution in [0.5, 0.6) is 0 Å². The van der Waals surface area contributed by atoms with Crippen molar-refractivity contribution in [2.24, 2.45) is 0 Å². The molecule has 1 fully saturated rings. The highest BCUT2D eigenvalue weighted by atomic mass is 32.2. The van der Waals surface area contributed by atoms with Crippen molar-refractivity contribution in [3.8, 4) is 5.69 Å². The van der Waals surface area contributed by atoms with Gasteiger partial charge in [-0.3, -0.25) is 4.57 Å². The molecule has 1 aliphatic heterocycles. The highest BCUT2D eigenvalue weighted by Gasteiger charge is 2.23. The van der Waals surface area contributed by atoms with Gasteiger partial charge in [-0.05, 0) is 18.6 Å². The van der Waals surface area contributed by atoms with Crippen LogP contribution in [0.15, 0.2) is 33.9 Å². The van der Waals surface area contributed by atoms with E-state index in [0.717, 1.165) is 42.1 Å². The van der Waals surface area contributed by atoms with Crippen LogP contribution in [0.4, 0.5) is 5.95 Å². The summed E-state index contributed by atoms with van der Waals surface area (Å²) in [4.78, 5) is 6.59. The monoisotopic (exact) mass is 386 g/mol. The summed E-state index contributed by atoms with van der Waals surface area (Å²) in [5.41, 5.74) is 2.24. The molecular weight excluding hydrogens is 364 g/mol. The molecule has 0 spiro atoms. The minimum Gasteiger partial charge on any atom is -0.378 e. The number of aromatic nitrogens is 5. The normalized spacial score (nSPS) is 14.7. The highest BCUT2D eigenvalue weighted by molar-refractivity contribution is 7.98. The molecule has 0 bridgehead atoms. The molecule has 3 aromatic rings. The summed E-state index contributed by atoms with van der Waals surface area (Å²) in [5.74, 6) is 2.72. The lowest BCUT2D eigenvalue weighted by Crippen LogP contribution is -2.38. The average molecular weight is 386 g/mol. The first-order valence-electron chi connectivity index (χ1n) is 9.04. The zero-order valence-electron chi connectivity index (χ0n) is 15.5. The third-order valence-electron chi connectivity index (χ3n) is 4.42. The van der Waals surface area contributed by atoms with Gasteiger partial charge in [0.25, 0.3) is 0 Å². The highest BCUT2D eigenvalue weighted by Crippen LogP contribution is 2.30. The summed E-state index contributed by atoms with van der Waals surface area (Å²) in [6.45, 7) is 7.11. The third-order valence-corrected chi connectivity index (χ3v) is 5.33. The predicted molar refractivity (Wildman–Crippen MR) is 102 cm³/mol. The Morgan fingerprint density at radius 1 is 1.15 bits per heavy atom. The Morgan fingerprint density at radius 3 is 2.70 bits per heavy atom. The Bertz CT molecular complexity index is 903. The van der Waals surface area contributed by atoms with Crippen molar-refractivity contribution in [1.29, 1.82) is 0 Å². The molecule has 0 atom stereocenters. The number of ether oxygens (including phenoxy) is 1. The molecule has 27 heavy (non-hydrogen) atoms. The fourth-order valence-electron chi connectivity index (χ4n) is 2.97. The van der Waals surface area contributed by atoms with Gasteiger partial charge < -0.3 is 14.2 Å². The van der Waals surface area contributed by atoms with Gasteiger partial charge >= 0.3 is 0 Å². The number of para-hydroxylation sites is 1. The van der Waals surface area contributed by atoms with Crippen LogP contribution < -0.4 is 4.90 Å². The number of hydrogen-bond acceptors (Lipinski definition) is 8. The number of morpholine rings is 1. The van der Waals surface area contributed by atoms with Crippen molar-refractivity contribution in [2.45, 2.75) is 31.2 Å². The fraction of sp³-hybridized carbons (Fsp3) is 0.444. The molecule has 4 rings (SSSR count). The first-order chi connectivity index (χ1) is 13.3. The van der Waals surface area contributed by atoms with Crippen LogP contribution in [-0.4, -0.2) is 51.2 Å². The van der Waals surface area contributed by atoms with E-state index < -0.39 is 0 Å². The van der Waals surface area contributed by atoms with Gasteiger partial charge in [-0.15, -0.1) is 10.2 Å². The minimum atomic E-state index is 0.556. The number of hydrogen-bond donors (Lipinski definition) is 0. The Balaban J connectivity index is 1.66. The lowest BCUT2D eigenvalue weighted by Gasteiger charge is -2.28. The van der Waals surface area contributed by atoms with Crippen LogP contribution in [0.3, 0.4) is 0 Å². The number of nitrogens with zero attached hydrogens (tertiary/aromatic N) is 6. The van der Waals surface area contributed by atoms with Gasteiger partial charge in [-0.25, -0.2) is 0 Å². The van der Waals surface area contributed by atoms with Crippen molar-refractivity contribution in [2.75, 3.05) is 31.2 Å². The van der Waals surface area contributed by atoms with E-state index in [1.165, 1.54) is 5.56 Å². The molecular formula is C18H22N6O2S. The quantitative estimate of drug-likeness (QED) is 0.598. The lowest BCUT2D eigenvalue weighted by molar-refractivity contribution is 0.122. The number of anilines is 1. The van der Waals surface area contributed by atoms with Crippen LogP contribution >= 0.6 is 11.8 Å². The predicted octanol–water partition coefficient (Wildman–Crippen LogP) is 2.65. The van der Waals surface area contributed by atoms with Gasteiger partial charge in [0.2, 0.25) is 11.8 Å². The van der Waals surface area contributed by atoms with Crippen LogP contribution in [0.1, 0.15) is 24.2 Å². The molecule has 0 radical (unpaired) electrons. The van der Waals surface area contributed by atoms with E-state index in [9.17, 15) is 0 Å². The van der Waals surface area contributed by atoms with Gasteiger partial charge in [0.05, 0.1) is 24.7 Å². The molecule has 0 aliphatic carbocycles. The van der Waals surface area contributed by atoms with E-state index in [2.05, 4.69) is 48.9 Å². The van der Waals surface area contributed by atoms with E-state index in [1.54, 1.807) is 11.8 Å². The topological polar surface area (TPSA) is 82.1 Å². The van der Waals surface area contributed by atoms with Crippen LogP contribution in [0, 0.1) is 6.92 Å². The van der Waals surface area contributed by atoms with Crippen molar-refractivity contribution >= 4 is 17.7 Å². The fourth-order valence-corrected chi connectivity index (χ4v) is 3.75. The van der Waals surface area contributed by atoms with Crippen LogP contribution in [-0.2, 0) is 16.9 Å². The van der Waals surface area contributed by atoms with Crippen molar-refractivity contribution in [3.63, 3.8) is 0 Å². The second-order valence-corrected chi connectivity index (χ2v) is 7.19. The van der Waals surface area contributed by atoms with E-state index in [1.807, 2.05) is 19.1 Å². The second kappa shape index (κ2) is 8.10. The van der Waals surface area contributed by atoms with Crippen molar-refractivity contribution < 1.29 is 9.26 Å². The summed E-state index contributed by atoms with van der Waals surface area (Å²) in [7, 11) is 0. The summed E-state index contributed by atoms with van der Waals surface area (Å²) in [6, 6.07) is 8.26. The van der Waals surface area contributed by atoms with E-state index in [0.29, 0.717) is 24.9 Å². The lowest BCUT2D eigenvalue weighted by atomic mass is 10.2. The van der Waals surface area contributed by atoms with Crippen molar-refractivity contribution in [1.82, 2.24) is 24.9 Å². The molecule has 0 unspecified atom stereocenters. The number of thioether (sulfide) groups is 1. The smallest absolute Gasteiger partial charge is 0.237 e. The van der Waals surface area contributed by atoms with Crippen molar-refractivity contribution in [3.05, 3.63) is 41.5 Å². The van der Waals surface area contributed by atoms with Gasteiger partial charge in [0.1, 0.15) is 0 Å². The zero-order chi connectivity index (χ0) is 18.6. The first kappa shape index (κ1) is 18.0. The van der Waals surface area contributed by atoms with Crippen LogP contribution in [0.25, 0.3) is 5.69 Å². The SMILES string of the molecule is CCc1noc(CSc2nnc(N3CCOCC3)n2-c2ccccc2C)n1. The number of benzene rings is 1. The standard InChI is InChI=1S/C18H22N6O2S/c1-3-15-19-16(26-22-15)12-27-18-21-20-17(23-8-10-25-11-9-23)24(18)14-7-5-4-6-13(14)2/h4-7H,3,8-12H2,1-2H3. The van der Waals surface area contributed by atoms with Gasteiger partial charge in [0, 0.05) is 19.5 Å². The maximum atomic E-state index is 5.48. The molecule has 1 aliphatic rings. The first-order valence-corrected chi connectivity index (χ1v) is 10.0. The van der Waals surface area contributed by atoms with Gasteiger partial charge in [-0.2, -0.15) is 4.98 Å². The molecule has 2 aromatic heterocycles. The Kier molecular flexibility index (Phi) is 5.40. The largest absolute Gasteiger partial charge is 0.378 e. The molecule has 0 saturated carbocycles. The molecule has 1 aromatic carbocycles. The average Bonchev–Trinajstić information content (AvgIpc) is 3.34.